The minimum atomic E-state index is 0.172. The maximum absolute atomic E-state index is 12.7. The molecule has 170 valence electrons. The molecule has 0 spiro atoms. The van der Waals surface area contributed by atoms with Gasteiger partial charge in [0.15, 0.2) is 0 Å². The van der Waals surface area contributed by atoms with E-state index in [0.717, 1.165) is 51.2 Å². The molecule has 1 aromatic carbocycles. The Bertz CT molecular complexity index is 1010. The molecule has 2 atom stereocenters. The molecule has 0 unspecified atom stereocenters. The fourth-order valence-electron chi connectivity index (χ4n) is 5.59. The second-order valence-electron chi connectivity index (χ2n) is 10.1. The van der Waals surface area contributed by atoms with Gasteiger partial charge in [-0.2, -0.15) is 0 Å². The maximum Gasteiger partial charge on any atom is 0.234 e. The Morgan fingerprint density at radius 1 is 1.19 bits per heavy atom. The van der Waals surface area contributed by atoms with Crippen molar-refractivity contribution >= 4 is 22.5 Å². The van der Waals surface area contributed by atoms with Gasteiger partial charge in [0, 0.05) is 36.8 Å². The number of fused-ring (bicyclic) bond motifs is 1. The van der Waals surface area contributed by atoms with Gasteiger partial charge >= 0.3 is 0 Å². The molecule has 6 nitrogen and oxygen atoms in total. The Morgan fingerprint density at radius 3 is 2.78 bits per heavy atom. The molecule has 3 aliphatic heterocycles. The van der Waals surface area contributed by atoms with Crippen LogP contribution in [-0.2, 0) is 4.79 Å². The van der Waals surface area contributed by atoms with Crippen LogP contribution in [0.25, 0.3) is 10.9 Å². The monoisotopic (exact) mass is 433 g/mol. The number of piperidine rings is 2. The van der Waals surface area contributed by atoms with Gasteiger partial charge in [0.2, 0.25) is 5.91 Å². The fourth-order valence-corrected chi connectivity index (χ4v) is 5.59. The lowest BCUT2D eigenvalue weighted by Gasteiger charge is -2.37. The van der Waals surface area contributed by atoms with Gasteiger partial charge in [-0.1, -0.05) is 25.1 Å². The molecule has 2 saturated heterocycles. The van der Waals surface area contributed by atoms with E-state index in [-0.39, 0.29) is 5.91 Å². The quantitative estimate of drug-likeness (QED) is 0.761. The molecule has 0 saturated carbocycles. The lowest BCUT2D eigenvalue weighted by Crippen LogP contribution is -2.45. The summed E-state index contributed by atoms with van der Waals surface area (Å²) in [6.07, 6.45) is 5.40. The van der Waals surface area contributed by atoms with E-state index < -0.39 is 0 Å². The van der Waals surface area contributed by atoms with E-state index in [2.05, 4.69) is 52.3 Å². The van der Waals surface area contributed by atoms with Gasteiger partial charge in [0.05, 0.1) is 24.3 Å². The van der Waals surface area contributed by atoms with Gasteiger partial charge in [-0.3, -0.25) is 19.7 Å². The maximum atomic E-state index is 12.7. The summed E-state index contributed by atoms with van der Waals surface area (Å²) in [4.78, 5) is 26.5. The molecule has 1 N–H and O–H groups in total. The number of carbonyl (C=O) groups excluding carboxylic acids is 1. The van der Waals surface area contributed by atoms with Crippen molar-refractivity contribution < 1.29 is 4.79 Å². The van der Waals surface area contributed by atoms with E-state index in [9.17, 15) is 4.79 Å². The van der Waals surface area contributed by atoms with E-state index in [4.69, 9.17) is 4.98 Å². The predicted octanol–water partition coefficient (Wildman–Crippen LogP) is 2.92. The average Bonchev–Trinajstić information content (AvgIpc) is 3.63. The van der Waals surface area contributed by atoms with Crippen molar-refractivity contribution in [1.29, 1.82) is 0 Å². The first-order valence-electron chi connectivity index (χ1n) is 12.2. The largest absolute Gasteiger partial charge is 0.355 e. The number of amides is 1. The first-order valence-corrected chi connectivity index (χ1v) is 12.2. The van der Waals surface area contributed by atoms with Crippen LogP contribution in [0, 0.1) is 11.8 Å². The molecule has 0 aliphatic carbocycles. The highest BCUT2D eigenvalue weighted by Gasteiger charge is 2.29. The zero-order valence-corrected chi connectivity index (χ0v) is 19.4. The van der Waals surface area contributed by atoms with Gasteiger partial charge < -0.3 is 10.2 Å². The van der Waals surface area contributed by atoms with Crippen LogP contribution < -0.4 is 5.32 Å². The van der Waals surface area contributed by atoms with Crippen molar-refractivity contribution in [3.63, 3.8) is 0 Å². The Morgan fingerprint density at radius 2 is 2.00 bits per heavy atom. The SMILES string of the molecule is C[C@@H]1C[C@@H](c2ccc(C3=NC3)c3ncccc23)CN(CC(=O)NCC2CCN(C)CC2)C1. The number of hydrogen-bond acceptors (Lipinski definition) is 5. The molecule has 6 heteroatoms. The number of hydrogen-bond donors (Lipinski definition) is 1. The number of benzene rings is 1. The van der Waals surface area contributed by atoms with Crippen molar-refractivity contribution in [3.05, 3.63) is 41.6 Å². The molecule has 1 amide bonds. The molecular weight excluding hydrogens is 398 g/mol. The minimum absolute atomic E-state index is 0.172. The zero-order valence-electron chi connectivity index (χ0n) is 19.4. The number of rotatable bonds is 6. The highest BCUT2D eigenvalue weighted by Crippen LogP contribution is 2.35. The number of likely N-dealkylation sites (tertiary alicyclic amines) is 2. The number of pyridine rings is 1. The Kier molecular flexibility index (Phi) is 6.24. The fraction of sp³-hybridized carbons (Fsp3) is 0.577. The van der Waals surface area contributed by atoms with E-state index >= 15 is 0 Å². The summed E-state index contributed by atoms with van der Waals surface area (Å²) in [6.45, 7) is 8.66. The van der Waals surface area contributed by atoms with Gasteiger partial charge in [-0.05, 0) is 68.8 Å². The number of carbonyl (C=O) groups is 1. The highest BCUT2D eigenvalue weighted by atomic mass is 16.2. The smallest absolute Gasteiger partial charge is 0.234 e. The van der Waals surface area contributed by atoms with Crippen LogP contribution in [0.5, 0.6) is 0 Å². The summed E-state index contributed by atoms with van der Waals surface area (Å²) < 4.78 is 0. The standard InChI is InChI=1S/C26H35N5O/c1-18-12-20(21-5-6-23(24-14-28-24)26-22(21)4-3-9-27-26)16-31(15-18)17-25(32)29-13-19-7-10-30(2)11-8-19/h3-6,9,18-20H,7-8,10-17H2,1-2H3,(H,29,32)/t18-,20-/m1/s1. The third-order valence-corrected chi connectivity index (χ3v) is 7.40. The van der Waals surface area contributed by atoms with Crippen molar-refractivity contribution in [2.75, 3.05) is 52.9 Å². The summed E-state index contributed by atoms with van der Waals surface area (Å²) in [5.74, 6) is 1.78. The summed E-state index contributed by atoms with van der Waals surface area (Å²) in [5.41, 5.74) is 4.78. The molecular formula is C26H35N5O. The number of aliphatic imine (C=N–C) groups is 1. The number of nitrogens with zero attached hydrogens (tertiary/aromatic N) is 4. The molecule has 5 rings (SSSR count). The molecule has 0 radical (unpaired) electrons. The molecule has 3 aliphatic rings. The number of nitrogens with one attached hydrogen (secondary N) is 1. The summed E-state index contributed by atoms with van der Waals surface area (Å²) in [5, 5.41) is 4.46. The van der Waals surface area contributed by atoms with Crippen LogP contribution in [0.15, 0.2) is 35.5 Å². The van der Waals surface area contributed by atoms with Gasteiger partial charge in [0.1, 0.15) is 0 Å². The zero-order chi connectivity index (χ0) is 22.1. The Labute approximate surface area is 191 Å². The summed E-state index contributed by atoms with van der Waals surface area (Å²) >= 11 is 0. The van der Waals surface area contributed by atoms with Crippen molar-refractivity contribution in [1.82, 2.24) is 20.1 Å². The topological polar surface area (TPSA) is 60.8 Å². The Hall–Kier alpha value is -2.31. The normalized spacial score (nSPS) is 25.0. The third-order valence-electron chi connectivity index (χ3n) is 7.40. The molecule has 2 fully saturated rings. The lowest BCUT2D eigenvalue weighted by molar-refractivity contribution is -0.123. The molecule has 0 bridgehead atoms. The second kappa shape index (κ2) is 9.28. The van der Waals surface area contributed by atoms with Crippen molar-refractivity contribution in [2.45, 2.75) is 32.1 Å². The van der Waals surface area contributed by atoms with Crippen molar-refractivity contribution in [3.8, 4) is 0 Å². The van der Waals surface area contributed by atoms with Crippen LogP contribution in [-0.4, -0.2) is 79.3 Å². The minimum Gasteiger partial charge on any atom is -0.355 e. The van der Waals surface area contributed by atoms with Gasteiger partial charge in [-0.15, -0.1) is 0 Å². The van der Waals surface area contributed by atoms with E-state index in [0.29, 0.717) is 24.3 Å². The Balaban J connectivity index is 1.24. The first-order chi connectivity index (χ1) is 15.6. The summed E-state index contributed by atoms with van der Waals surface area (Å²) in [7, 11) is 2.18. The van der Waals surface area contributed by atoms with Crippen LogP contribution in [0.3, 0.4) is 0 Å². The van der Waals surface area contributed by atoms with Crippen LogP contribution in [0.4, 0.5) is 0 Å². The van der Waals surface area contributed by atoms with E-state index in [1.165, 1.54) is 35.1 Å². The molecule has 4 heterocycles. The van der Waals surface area contributed by atoms with E-state index in [1.54, 1.807) is 0 Å². The van der Waals surface area contributed by atoms with Crippen LogP contribution in [0.2, 0.25) is 0 Å². The molecule has 32 heavy (non-hydrogen) atoms. The molecule has 1 aromatic heterocycles. The molecule has 2 aromatic rings. The van der Waals surface area contributed by atoms with Gasteiger partial charge in [0.25, 0.3) is 0 Å². The third kappa shape index (κ3) is 4.86. The van der Waals surface area contributed by atoms with Crippen LogP contribution in [0.1, 0.15) is 43.2 Å². The van der Waals surface area contributed by atoms with E-state index in [1.807, 2.05) is 12.3 Å². The summed E-state index contributed by atoms with van der Waals surface area (Å²) in [6, 6.07) is 8.71. The number of aromatic nitrogens is 1. The lowest BCUT2D eigenvalue weighted by atomic mass is 9.83. The average molecular weight is 434 g/mol. The first kappa shape index (κ1) is 21.5. The van der Waals surface area contributed by atoms with Crippen molar-refractivity contribution in [2.24, 2.45) is 16.8 Å². The second-order valence-corrected chi connectivity index (χ2v) is 10.1. The van der Waals surface area contributed by atoms with Crippen LogP contribution >= 0.6 is 0 Å². The van der Waals surface area contributed by atoms with Gasteiger partial charge in [-0.25, -0.2) is 0 Å². The highest BCUT2D eigenvalue weighted by molar-refractivity contribution is 6.17. The predicted molar refractivity (Wildman–Crippen MR) is 129 cm³/mol.